The Bertz CT molecular complexity index is 2590. The Morgan fingerprint density at radius 3 is 1.83 bits per heavy atom. The van der Waals surface area contributed by atoms with Crippen molar-refractivity contribution in [2.24, 2.45) is 0 Å². The molecule has 9 aromatic rings. The topological polar surface area (TPSA) is 80.5 Å². The smallest absolute Gasteiger partial charge is 0.238 e. The van der Waals surface area contributed by atoms with E-state index in [-0.39, 0.29) is 0 Å². The summed E-state index contributed by atoms with van der Waals surface area (Å²) in [5.74, 6) is 1.63. The number of nitrogens with zero attached hydrogens (tertiary/aromatic N) is 5. The number of nitriles is 1. The van der Waals surface area contributed by atoms with Crippen LogP contribution in [0.3, 0.4) is 0 Å². The van der Waals surface area contributed by atoms with Crippen molar-refractivity contribution >= 4 is 43.7 Å². The van der Waals surface area contributed by atoms with Gasteiger partial charge >= 0.3 is 0 Å². The molecule has 0 saturated heterocycles. The summed E-state index contributed by atoms with van der Waals surface area (Å²) in [6.45, 7) is 0. The second kappa shape index (κ2) is 10.3. The summed E-state index contributed by atoms with van der Waals surface area (Å²) in [6.07, 6.45) is 0. The zero-order chi connectivity index (χ0) is 30.6. The van der Waals surface area contributed by atoms with Gasteiger partial charge in [-0.05, 0) is 42.0 Å². The third-order valence-electron chi connectivity index (χ3n) is 8.52. The lowest BCUT2D eigenvalue weighted by Crippen LogP contribution is -2.06. The molecule has 0 radical (unpaired) electrons. The molecule has 0 N–H and O–H groups in total. The minimum Gasteiger partial charge on any atom is -0.455 e. The van der Waals surface area contributed by atoms with Crippen molar-refractivity contribution in [3.05, 3.63) is 145 Å². The van der Waals surface area contributed by atoms with Crippen LogP contribution in [0.4, 0.5) is 0 Å². The van der Waals surface area contributed by atoms with Crippen LogP contribution in [0.15, 0.2) is 144 Å². The van der Waals surface area contributed by atoms with Crippen molar-refractivity contribution < 1.29 is 4.42 Å². The maximum absolute atomic E-state index is 10.00. The van der Waals surface area contributed by atoms with Crippen LogP contribution < -0.4 is 0 Å². The van der Waals surface area contributed by atoms with Gasteiger partial charge in [0.15, 0.2) is 11.6 Å². The largest absolute Gasteiger partial charge is 0.455 e. The Kier molecular flexibility index (Phi) is 5.77. The Labute approximate surface area is 263 Å². The van der Waals surface area contributed by atoms with E-state index in [0.717, 1.165) is 54.8 Å². The highest BCUT2D eigenvalue weighted by Gasteiger charge is 2.20. The van der Waals surface area contributed by atoms with Crippen LogP contribution in [0.5, 0.6) is 0 Å². The number of fused-ring (bicyclic) bond motifs is 6. The molecule has 0 unspecified atom stereocenters. The predicted molar refractivity (Wildman–Crippen MR) is 182 cm³/mol. The average Bonchev–Trinajstić information content (AvgIpc) is 3.68. The first-order chi connectivity index (χ1) is 22.8. The predicted octanol–water partition coefficient (Wildman–Crippen LogP) is 9.74. The maximum Gasteiger partial charge on any atom is 0.238 e. The van der Waals surface area contributed by atoms with Crippen molar-refractivity contribution in [3.63, 3.8) is 0 Å². The monoisotopic (exact) mass is 589 g/mol. The van der Waals surface area contributed by atoms with E-state index in [2.05, 4.69) is 47.0 Å². The second-order valence-electron chi connectivity index (χ2n) is 11.2. The number of rotatable bonds is 4. The quantitative estimate of drug-likeness (QED) is 0.204. The molecule has 0 aliphatic rings. The highest BCUT2D eigenvalue weighted by atomic mass is 16.3. The molecule has 0 fully saturated rings. The lowest BCUT2D eigenvalue weighted by molar-refractivity contribution is 0.670. The summed E-state index contributed by atoms with van der Waals surface area (Å²) in [5, 5.41) is 13.9. The summed E-state index contributed by atoms with van der Waals surface area (Å²) in [7, 11) is 0. The summed E-state index contributed by atoms with van der Waals surface area (Å²) in [6, 6.07) is 48.8. The van der Waals surface area contributed by atoms with Crippen molar-refractivity contribution in [3.8, 4) is 45.9 Å². The minimum atomic E-state index is 0.525. The van der Waals surface area contributed by atoms with Gasteiger partial charge in [0.05, 0.1) is 22.7 Å². The Morgan fingerprint density at radius 2 is 1.15 bits per heavy atom. The molecular formula is C40H23N5O. The molecule has 0 aliphatic heterocycles. The molecule has 6 aromatic carbocycles. The first-order valence-electron chi connectivity index (χ1n) is 15.0. The van der Waals surface area contributed by atoms with Gasteiger partial charge in [-0.2, -0.15) is 15.2 Å². The molecule has 3 aromatic heterocycles. The molecule has 9 rings (SSSR count). The van der Waals surface area contributed by atoms with E-state index in [0.29, 0.717) is 34.3 Å². The standard InChI is InChI=1S/C40H23N5O/c41-24-28-20-21-29(25-11-3-1-4-12-25)37-36(28)32-22-19-27(23-35(32)46-37)39-42-38(26-13-5-2-6-14-26)43-40(44-39)45-33-17-9-7-15-30(33)31-16-8-10-18-34(31)45/h1-23H. The van der Waals surface area contributed by atoms with Gasteiger partial charge in [0.2, 0.25) is 5.95 Å². The van der Waals surface area contributed by atoms with Gasteiger partial charge in [0.1, 0.15) is 11.2 Å². The first kappa shape index (κ1) is 25.9. The van der Waals surface area contributed by atoms with E-state index in [4.69, 9.17) is 19.4 Å². The number of furan rings is 1. The van der Waals surface area contributed by atoms with Crippen LogP contribution in [0, 0.1) is 11.3 Å². The van der Waals surface area contributed by atoms with Crippen molar-refractivity contribution in [2.45, 2.75) is 0 Å². The van der Waals surface area contributed by atoms with Crippen molar-refractivity contribution in [1.29, 1.82) is 5.26 Å². The fourth-order valence-electron chi connectivity index (χ4n) is 6.40. The van der Waals surface area contributed by atoms with Crippen LogP contribution in [0.2, 0.25) is 0 Å². The third-order valence-corrected chi connectivity index (χ3v) is 8.52. The summed E-state index contributed by atoms with van der Waals surface area (Å²) < 4.78 is 8.65. The normalized spacial score (nSPS) is 11.5. The molecule has 0 saturated carbocycles. The zero-order valence-corrected chi connectivity index (χ0v) is 24.4. The highest BCUT2D eigenvalue weighted by molar-refractivity contribution is 6.13. The van der Waals surface area contributed by atoms with E-state index in [1.807, 2.05) is 103 Å². The number of aromatic nitrogens is 4. The molecule has 6 nitrogen and oxygen atoms in total. The number of hydrogen-bond acceptors (Lipinski definition) is 5. The van der Waals surface area contributed by atoms with E-state index < -0.39 is 0 Å². The van der Waals surface area contributed by atoms with Crippen LogP contribution >= 0.6 is 0 Å². The SMILES string of the molecule is N#Cc1ccc(-c2ccccc2)c2oc3cc(-c4nc(-c5ccccc5)nc(-n5c6ccccc6c6ccccc65)n4)ccc3c12. The van der Waals surface area contributed by atoms with Crippen molar-refractivity contribution in [2.75, 3.05) is 0 Å². The zero-order valence-electron chi connectivity index (χ0n) is 24.4. The number of benzene rings is 6. The third kappa shape index (κ3) is 4.00. The Hall–Kier alpha value is -6.58. The molecule has 0 aliphatic carbocycles. The van der Waals surface area contributed by atoms with Gasteiger partial charge in [0.25, 0.3) is 0 Å². The molecule has 3 heterocycles. The van der Waals surface area contributed by atoms with Gasteiger partial charge in [-0.15, -0.1) is 0 Å². The van der Waals surface area contributed by atoms with Crippen LogP contribution in [0.1, 0.15) is 5.56 Å². The van der Waals surface area contributed by atoms with Crippen LogP contribution in [-0.4, -0.2) is 19.5 Å². The van der Waals surface area contributed by atoms with Crippen LogP contribution in [-0.2, 0) is 0 Å². The average molecular weight is 590 g/mol. The molecule has 214 valence electrons. The molecular weight excluding hydrogens is 566 g/mol. The molecule has 0 amide bonds. The minimum absolute atomic E-state index is 0.525. The fourth-order valence-corrected chi connectivity index (χ4v) is 6.40. The summed E-state index contributed by atoms with van der Waals surface area (Å²) in [5.41, 5.74) is 7.59. The molecule has 0 atom stereocenters. The molecule has 0 spiro atoms. The van der Waals surface area contributed by atoms with E-state index in [9.17, 15) is 5.26 Å². The van der Waals surface area contributed by atoms with Gasteiger partial charge in [-0.25, -0.2) is 4.98 Å². The lowest BCUT2D eigenvalue weighted by Gasteiger charge is -2.10. The van der Waals surface area contributed by atoms with Gasteiger partial charge in [0, 0.05) is 38.2 Å². The fraction of sp³-hybridized carbons (Fsp3) is 0. The maximum atomic E-state index is 10.00. The van der Waals surface area contributed by atoms with Gasteiger partial charge < -0.3 is 4.42 Å². The highest BCUT2D eigenvalue weighted by Crippen LogP contribution is 2.39. The van der Waals surface area contributed by atoms with Crippen LogP contribution in [0.25, 0.3) is 83.6 Å². The molecule has 46 heavy (non-hydrogen) atoms. The first-order valence-corrected chi connectivity index (χ1v) is 15.0. The van der Waals surface area contributed by atoms with E-state index in [1.54, 1.807) is 0 Å². The summed E-state index contributed by atoms with van der Waals surface area (Å²) in [4.78, 5) is 15.1. The summed E-state index contributed by atoms with van der Waals surface area (Å²) >= 11 is 0. The Morgan fingerprint density at radius 1 is 0.543 bits per heavy atom. The Balaban J connectivity index is 1.29. The van der Waals surface area contributed by atoms with E-state index in [1.165, 1.54) is 0 Å². The van der Waals surface area contributed by atoms with Crippen molar-refractivity contribution in [1.82, 2.24) is 19.5 Å². The second-order valence-corrected chi connectivity index (χ2v) is 11.2. The lowest BCUT2D eigenvalue weighted by atomic mass is 9.99. The number of para-hydroxylation sites is 2. The molecule has 0 bridgehead atoms. The van der Waals surface area contributed by atoms with E-state index >= 15 is 0 Å². The van der Waals surface area contributed by atoms with Gasteiger partial charge in [-0.1, -0.05) is 103 Å². The molecule has 6 heteroatoms. The number of hydrogen-bond donors (Lipinski definition) is 0. The van der Waals surface area contributed by atoms with Gasteiger partial charge in [-0.3, -0.25) is 4.57 Å².